The van der Waals surface area contributed by atoms with Gasteiger partial charge in [0.15, 0.2) is 23.0 Å². The van der Waals surface area contributed by atoms with E-state index >= 15 is 0 Å². The highest BCUT2D eigenvalue weighted by Crippen LogP contribution is 2.60. The molecule has 0 fully saturated rings. The third-order valence-corrected chi connectivity index (χ3v) is 8.06. The number of carbonyl (C=O) groups excluding carboxylic acids is 2. The van der Waals surface area contributed by atoms with Crippen molar-refractivity contribution in [3.05, 3.63) is 34.9 Å². The minimum Gasteiger partial charge on any atom is -0.493 e. The van der Waals surface area contributed by atoms with Gasteiger partial charge in [-0.25, -0.2) is 4.79 Å². The summed E-state index contributed by atoms with van der Waals surface area (Å²) in [5, 5.41) is 0. The second-order valence-corrected chi connectivity index (χ2v) is 10.4. The molecule has 0 radical (unpaired) electrons. The standard InChI is InChI=1S/C32H40O10/c1-10-12-23(33)41-26-17(4)18(5)27(42-32(34)16(3)11-2)19-13-21(35-6)28(36-7)30(37-8)24(19)25-20(26)14-22-29(31(25)38-9)40-15-39-22/h11,13-14,17-18,26-27H,10,12,15H2,1-9H3/b16-11-/t17-,18+,26-,27-/m1/s1. The lowest BCUT2D eigenvalue weighted by atomic mass is 9.74. The lowest BCUT2D eigenvalue weighted by molar-refractivity contribution is -0.158. The zero-order valence-corrected chi connectivity index (χ0v) is 25.7. The summed E-state index contributed by atoms with van der Waals surface area (Å²) in [5.41, 5.74) is 2.79. The van der Waals surface area contributed by atoms with Gasteiger partial charge in [0.05, 0.1) is 28.4 Å². The molecular formula is C32H40O10. The Hall–Kier alpha value is -4.08. The van der Waals surface area contributed by atoms with Crippen LogP contribution in [0.2, 0.25) is 0 Å². The molecule has 4 atom stereocenters. The molecule has 0 bridgehead atoms. The maximum atomic E-state index is 13.3. The minimum absolute atomic E-state index is 0.000372. The summed E-state index contributed by atoms with van der Waals surface area (Å²) < 4.78 is 47.6. The van der Waals surface area contributed by atoms with E-state index in [-0.39, 0.29) is 31.0 Å². The fourth-order valence-corrected chi connectivity index (χ4v) is 5.56. The Labute approximate surface area is 246 Å². The number of allylic oxidation sites excluding steroid dienone is 1. The Morgan fingerprint density at radius 3 is 2.02 bits per heavy atom. The van der Waals surface area contributed by atoms with Gasteiger partial charge >= 0.3 is 11.9 Å². The van der Waals surface area contributed by atoms with Crippen molar-refractivity contribution in [2.45, 2.75) is 59.7 Å². The van der Waals surface area contributed by atoms with E-state index < -0.39 is 18.2 Å². The highest BCUT2D eigenvalue weighted by atomic mass is 16.7. The van der Waals surface area contributed by atoms with Crippen LogP contribution in [0.3, 0.4) is 0 Å². The van der Waals surface area contributed by atoms with Crippen LogP contribution < -0.4 is 28.4 Å². The summed E-state index contributed by atoms with van der Waals surface area (Å²) in [6.07, 6.45) is 1.01. The molecular weight excluding hydrogens is 544 g/mol. The molecule has 0 unspecified atom stereocenters. The quantitative estimate of drug-likeness (QED) is 0.245. The third kappa shape index (κ3) is 5.30. The van der Waals surface area contributed by atoms with E-state index in [1.54, 1.807) is 26.0 Å². The topological polar surface area (TPSA) is 108 Å². The fraction of sp³-hybridized carbons (Fsp3) is 0.500. The molecule has 0 spiro atoms. The number of esters is 2. The van der Waals surface area contributed by atoms with Crippen LogP contribution in [0.15, 0.2) is 23.8 Å². The van der Waals surface area contributed by atoms with Crippen LogP contribution >= 0.6 is 0 Å². The van der Waals surface area contributed by atoms with Gasteiger partial charge in [0.25, 0.3) is 0 Å². The van der Waals surface area contributed by atoms with Gasteiger partial charge in [0.1, 0.15) is 12.2 Å². The predicted octanol–water partition coefficient (Wildman–Crippen LogP) is 6.34. The number of carbonyl (C=O) groups is 2. The molecule has 1 aliphatic heterocycles. The summed E-state index contributed by atoms with van der Waals surface area (Å²) in [6, 6.07) is 3.61. The largest absolute Gasteiger partial charge is 0.493 e. The highest BCUT2D eigenvalue weighted by molar-refractivity contribution is 5.91. The van der Waals surface area contributed by atoms with E-state index in [1.165, 1.54) is 28.4 Å². The van der Waals surface area contributed by atoms with E-state index in [0.717, 1.165) is 0 Å². The Balaban J connectivity index is 2.18. The molecule has 228 valence electrons. The Bertz CT molecular complexity index is 1380. The number of rotatable bonds is 9. The molecule has 10 nitrogen and oxygen atoms in total. The van der Waals surface area contributed by atoms with Crippen molar-refractivity contribution < 1.29 is 47.5 Å². The average molecular weight is 585 g/mol. The summed E-state index contributed by atoms with van der Waals surface area (Å²) in [7, 11) is 6.09. The van der Waals surface area contributed by atoms with Gasteiger partial charge in [-0.2, -0.15) is 0 Å². The summed E-state index contributed by atoms with van der Waals surface area (Å²) >= 11 is 0. The second kappa shape index (κ2) is 12.8. The fourth-order valence-electron chi connectivity index (χ4n) is 5.56. The van der Waals surface area contributed by atoms with Crippen LogP contribution in [0, 0.1) is 11.8 Å². The summed E-state index contributed by atoms with van der Waals surface area (Å²) in [5.74, 6) is 0.794. The van der Waals surface area contributed by atoms with Crippen molar-refractivity contribution in [3.63, 3.8) is 0 Å². The Kier molecular flexibility index (Phi) is 9.43. The maximum Gasteiger partial charge on any atom is 0.333 e. The first-order chi connectivity index (χ1) is 20.2. The monoisotopic (exact) mass is 584 g/mol. The predicted molar refractivity (Wildman–Crippen MR) is 155 cm³/mol. The molecule has 0 saturated heterocycles. The number of fused-ring (bicyclic) bond motifs is 4. The lowest BCUT2D eigenvalue weighted by Crippen LogP contribution is -2.31. The number of ether oxygens (including phenoxy) is 8. The van der Waals surface area contributed by atoms with Gasteiger partial charge in [-0.05, 0) is 32.4 Å². The molecule has 1 aliphatic carbocycles. The maximum absolute atomic E-state index is 13.3. The van der Waals surface area contributed by atoms with Crippen molar-refractivity contribution >= 4 is 11.9 Å². The van der Waals surface area contributed by atoms with Crippen LogP contribution in [0.25, 0.3) is 11.1 Å². The van der Waals surface area contributed by atoms with Gasteiger partial charge in [-0.15, -0.1) is 0 Å². The molecule has 0 saturated carbocycles. The molecule has 0 N–H and O–H groups in total. The number of methoxy groups -OCH3 is 4. The average Bonchev–Trinajstić information content (AvgIpc) is 3.47. The first kappa shape index (κ1) is 30.9. The van der Waals surface area contributed by atoms with E-state index in [4.69, 9.17) is 37.9 Å². The van der Waals surface area contributed by atoms with Gasteiger partial charge in [0.2, 0.25) is 18.3 Å². The van der Waals surface area contributed by atoms with Crippen molar-refractivity contribution in [1.82, 2.24) is 0 Å². The Morgan fingerprint density at radius 2 is 1.45 bits per heavy atom. The van der Waals surface area contributed by atoms with Gasteiger partial charge in [-0.3, -0.25) is 4.79 Å². The van der Waals surface area contributed by atoms with Crippen molar-refractivity contribution in [3.8, 4) is 45.6 Å². The molecule has 0 aromatic heterocycles. The molecule has 2 aromatic carbocycles. The van der Waals surface area contributed by atoms with E-state index in [0.29, 0.717) is 68.7 Å². The molecule has 4 rings (SSSR count). The molecule has 10 heteroatoms. The summed E-state index contributed by atoms with van der Waals surface area (Å²) in [4.78, 5) is 26.3. The van der Waals surface area contributed by atoms with Crippen LogP contribution in [0.4, 0.5) is 0 Å². The van der Waals surface area contributed by atoms with Crippen LogP contribution in [-0.2, 0) is 19.1 Å². The molecule has 1 heterocycles. The van der Waals surface area contributed by atoms with Crippen molar-refractivity contribution in [1.29, 1.82) is 0 Å². The van der Waals surface area contributed by atoms with Crippen molar-refractivity contribution in [2.75, 3.05) is 35.2 Å². The third-order valence-electron chi connectivity index (χ3n) is 8.06. The Morgan fingerprint density at radius 1 is 0.857 bits per heavy atom. The zero-order chi connectivity index (χ0) is 30.7. The van der Waals surface area contributed by atoms with Gasteiger partial charge < -0.3 is 37.9 Å². The van der Waals surface area contributed by atoms with Crippen LogP contribution in [-0.4, -0.2) is 47.2 Å². The van der Waals surface area contributed by atoms with E-state index in [2.05, 4.69) is 0 Å². The molecule has 2 aromatic rings. The van der Waals surface area contributed by atoms with Gasteiger partial charge in [-0.1, -0.05) is 26.8 Å². The second-order valence-electron chi connectivity index (χ2n) is 10.4. The van der Waals surface area contributed by atoms with E-state index in [9.17, 15) is 9.59 Å². The first-order valence-corrected chi connectivity index (χ1v) is 14.0. The number of hydrogen-bond acceptors (Lipinski definition) is 10. The smallest absolute Gasteiger partial charge is 0.333 e. The molecule has 0 amide bonds. The SMILES string of the molecule is C/C=C(/C)C(=O)O[C@H]1c2cc(OC)c(OC)c(OC)c2-c2c(cc3c(c2OC)OCO3)[C@H](OC(=O)CCC)[C@H](C)[C@@H]1C. The number of hydrogen-bond donors (Lipinski definition) is 0. The van der Waals surface area contributed by atoms with Crippen molar-refractivity contribution in [2.24, 2.45) is 11.8 Å². The highest BCUT2D eigenvalue weighted by Gasteiger charge is 2.44. The van der Waals surface area contributed by atoms with Crippen LogP contribution in [0.5, 0.6) is 34.5 Å². The minimum atomic E-state index is -0.804. The summed E-state index contributed by atoms with van der Waals surface area (Å²) in [6.45, 7) is 9.33. The zero-order valence-electron chi connectivity index (χ0n) is 25.7. The first-order valence-electron chi connectivity index (χ1n) is 14.0. The number of benzene rings is 2. The molecule has 2 aliphatic rings. The lowest BCUT2D eigenvalue weighted by Gasteiger charge is -2.39. The van der Waals surface area contributed by atoms with E-state index in [1.807, 2.05) is 26.8 Å². The molecule has 42 heavy (non-hydrogen) atoms. The van der Waals surface area contributed by atoms with Crippen LogP contribution in [0.1, 0.15) is 70.8 Å². The normalized spacial score (nSPS) is 20.8. The van der Waals surface area contributed by atoms with Gasteiger partial charge in [0, 0.05) is 46.1 Å².